The smallest absolute Gasteiger partial charge is 0.227 e. The molecular formula is C21H29N3O3. The van der Waals surface area contributed by atoms with E-state index in [2.05, 4.69) is 41.4 Å². The van der Waals surface area contributed by atoms with E-state index < -0.39 is 0 Å². The van der Waals surface area contributed by atoms with E-state index in [0.717, 1.165) is 24.5 Å². The van der Waals surface area contributed by atoms with Crippen LogP contribution in [0.3, 0.4) is 0 Å². The Labute approximate surface area is 160 Å². The molecule has 0 aliphatic heterocycles. The molecule has 27 heavy (non-hydrogen) atoms. The molecule has 2 aromatic rings. The second-order valence-electron chi connectivity index (χ2n) is 7.51. The maximum atomic E-state index is 11.9. The van der Waals surface area contributed by atoms with Gasteiger partial charge in [0.15, 0.2) is 0 Å². The van der Waals surface area contributed by atoms with Crippen molar-refractivity contribution in [3.8, 4) is 11.4 Å². The van der Waals surface area contributed by atoms with Crippen LogP contribution in [0.5, 0.6) is 0 Å². The van der Waals surface area contributed by atoms with Gasteiger partial charge in [-0.15, -0.1) is 0 Å². The van der Waals surface area contributed by atoms with Crippen molar-refractivity contribution >= 4 is 5.91 Å². The summed E-state index contributed by atoms with van der Waals surface area (Å²) in [7, 11) is 0. The second kappa shape index (κ2) is 9.65. The van der Waals surface area contributed by atoms with Crippen molar-refractivity contribution in [2.45, 2.75) is 51.9 Å². The quantitative estimate of drug-likeness (QED) is 0.609. The highest BCUT2D eigenvalue weighted by Gasteiger charge is 2.20. The minimum atomic E-state index is -0.00164. The normalized spacial score (nSPS) is 13.9. The first-order valence-corrected chi connectivity index (χ1v) is 9.89. The number of amides is 1. The molecule has 0 unspecified atom stereocenters. The van der Waals surface area contributed by atoms with Gasteiger partial charge in [-0.25, -0.2) is 0 Å². The lowest BCUT2D eigenvalue weighted by Gasteiger charge is -2.05. The highest BCUT2D eigenvalue weighted by molar-refractivity contribution is 5.75. The van der Waals surface area contributed by atoms with E-state index in [0.29, 0.717) is 43.6 Å². The van der Waals surface area contributed by atoms with Crippen molar-refractivity contribution in [2.24, 2.45) is 5.92 Å². The Morgan fingerprint density at radius 3 is 2.78 bits per heavy atom. The van der Waals surface area contributed by atoms with E-state index in [4.69, 9.17) is 9.26 Å². The molecule has 0 spiro atoms. The highest BCUT2D eigenvalue weighted by atomic mass is 16.5. The molecule has 1 amide bonds. The number of nitrogens with zero attached hydrogens (tertiary/aromatic N) is 2. The zero-order chi connectivity index (χ0) is 19.1. The van der Waals surface area contributed by atoms with Crippen LogP contribution in [0.1, 0.15) is 56.9 Å². The molecule has 1 saturated carbocycles. The van der Waals surface area contributed by atoms with E-state index in [1.165, 1.54) is 18.4 Å². The van der Waals surface area contributed by atoms with E-state index in [-0.39, 0.29) is 5.91 Å². The molecule has 1 aromatic heterocycles. The average Bonchev–Trinajstić information content (AvgIpc) is 3.37. The third-order valence-electron chi connectivity index (χ3n) is 4.71. The Hall–Kier alpha value is -2.21. The van der Waals surface area contributed by atoms with Crippen molar-refractivity contribution in [1.29, 1.82) is 0 Å². The van der Waals surface area contributed by atoms with Gasteiger partial charge in [0.1, 0.15) is 0 Å². The lowest BCUT2D eigenvalue weighted by atomic mass is 10.0. The summed E-state index contributed by atoms with van der Waals surface area (Å²) in [5.74, 6) is 2.32. The largest absolute Gasteiger partial charge is 0.381 e. The molecule has 6 heteroatoms. The van der Waals surface area contributed by atoms with Gasteiger partial charge in [0.25, 0.3) is 0 Å². The molecule has 3 rings (SSSR count). The van der Waals surface area contributed by atoms with Crippen molar-refractivity contribution in [3.63, 3.8) is 0 Å². The Balaban J connectivity index is 1.35. The van der Waals surface area contributed by atoms with Gasteiger partial charge in [0, 0.05) is 38.2 Å². The minimum Gasteiger partial charge on any atom is -0.381 e. The van der Waals surface area contributed by atoms with Gasteiger partial charge in [-0.3, -0.25) is 4.79 Å². The van der Waals surface area contributed by atoms with Crippen LogP contribution in [0.2, 0.25) is 0 Å². The summed E-state index contributed by atoms with van der Waals surface area (Å²) >= 11 is 0. The molecule has 146 valence electrons. The van der Waals surface area contributed by atoms with Crippen LogP contribution in [-0.2, 0) is 16.0 Å². The van der Waals surface area contributed by atoms with Gasteiger partial charge in [-0.1, -0.05) is 43.3 Å². The first kappa shape index (κ1) is 19.5. The Bertz CT molecular complexity index is 721. The number of rotatable bonds is 11. The van der Waals surface area contributed by atoms with Crippen molar-refractivity contribution in [1.82, 2.24) is 15.5 Å². The lowest BCUT2D eigenvalue weighted by molar-refractivity contribution is -0.121. The zero-order valence-corrected chi connectivity index (χ0v) is 16.2. The van der Waals surface area contributed by atoms with Gasteiger partial charge in [-0.2, -0.15) is 4.98 Å². The van der Waals surface area contributed by atoms with Crippen molar-refractivity contribution < 1.29 is 14.1 Å². The van der Waals surface area contributed by atoms with E-state index in [9.17, 15) is 4.79 Å². The zero-order valence-electron chi connectivity index (χ0n) is 16.2. The molecule has 0 atom stereocenters. The van der Waals surface area contributed by atoms with Crippen LogP contribution < -0.4 is 5.32 Å². The Kier molecular flexibility index (Phi) is 6.98. The molecule has 6 nitrogen and oxygen atoms in total. The number of hydrogen-bond acceptors (Lipinski definition) is 5. The molecule has 0 bridgehead atoms. The fourth-order valence-electron chi connectivity index (χ4n) is 2.74. The molecule has 1 aliphatic rings. The maximum Gasteiger partial charge on any atom is 0.227 e. The third-order valence-corrected chi connectivity index (χ3v) is 4.71. The summed E-state index contributed by atoms with van der Waals surface area (Å²) in [6, 6.07) is 8.17. The molecule has 1 heterocycles. The van der Waals surface area contributed by atoms with Crippen LogP contribution in [0.15, 0.2) is 28.8 Å². The van der Waals surface area contributed by atoms with Crippen molar-refractivity contribution in [2.75, 3.05) is 19.8 Å². The van der Waals surface area contributed by atoms with E-state index in [1.54, 1.807) is 0 Å². The average molecular weight is 371 g/mol. The lowest BCUT2D eigenvalue weighted by Crippen LogP contribution is -2.25. The van der Waals surface area contributed by atoms with E-state index in [1.807, 2.05) is 12.1 Å². The molecule has 1 N–H and O–H groups in total. The summed E-state index contributed by atoms with van der Waals surface area (Å²) in [4.78, 5) is 16.3. The molecule has 1 aliphatic carbocycles. The topological polar surface area (TPSA) is 77.2 Å². The SMILES string of the molecule is CC(C)c1ccc(-c2noc(CCC(=O)NCCCOCC3CC3)n2)cc1. The first-order chi connectivity index (χ1) is 13.1. The maximum absolute atomic E-state index is 11.9. The molecule has 0 radical (unpaired) electrons. The summed E-state index contributed by atoms with van der Waals surface area (Å²) in [6.07, 6.45) is 4.24. The summed E-state index contributed by atoms with van der Waals surface area (Å²) in [5.41, 5.74) is 2.20. The minimum absolute atomic E-state index is 0.00164. The monoisotopic (exact) mass is 371 g/mol. The molecule has 1 fully saturated rings. The van der Waals surface area contributed by atoms with Crippen LogP contribution in [0.4, 0.5) is 0 Å². The first-order valence-electron chi connectivity index (χ1n) is 9.89. The number of nitrogens with one attached hydrogen (secondary N) is 1. The van der Waals surface area contributed by atoms with Gasteiger partial charge in [0.05, 0.1) is 0 Å². The van der Waals surface area contributed by atoms with Crippen LogP contribution in [-0.4, -0.2) is 35.8 Å². The third kappa shape index (κ3) is 6.47. The predicted molar refractivity (Wildman–Crippen MR) is 103 cm³/mol. The van der Waals surface area contributed by atoms with Crippen molar-refractivity contribution in [3.05, 3.63) is 35.7 Å². The van der Waals surface area contributed by atoms with Crippen LogP contribution in [0, 0.1) is 5.92 Å². The van der Waals surface area contributed by atoms with Gasteiger partial charge in [0.2, 0.25) is 17.6 Å². The Morgan fingerprint density at radius 2 is 2.07 bits per heavy atom. The highest BCUT2D eigenvalue weighted by Crippen LogP contribution is 2.28. The molecule has 1 aromatic carbocycles. The van der Waals surface area contributed by atoms with Crippen LogP contribution in [0.25, 0.3) is 11.4 Å². The number of hydrogen-bond donors (Lipinski definition) is 1. The number of carbonyl (C=O) groups excluding carboxylic acids is 1. The number of benzene rings is 1. The Morgan fingerprint density at radius 1 is 1.30 bits per heavy atom. The number of ether oxygens (including phenoxy) is 1. The fraction of sp³-hybridized carbons (Fsp3) is 0.571. The predicted octanol–water partition coefficient (Wildman–Crippen LogP) is 3.73. The number of carbonyl (C=O) groups is 1. The molecular weight excluding hydrogens is 342 g/mol. The molecule has 0 saturated heterocycles. The number of aryl methyl sites for hydroxylation is 1. The van der Waals surface area contributed by atoms with Gasteiger partial charge >= 0.3 is 0 Å². The summed E-state index contributed by atoms with van der Waals surface area (Å²) in [5, 5.41) is 6.92. The summed E-state index contributed by atoms with van der Waals surface area (Å²) in [6.45, 7) is 6.54. The number of aromatic nitrogens is 2. The second-order valence-corrected chi connectivity index (χ2v) is 7.51. The standard InChI is InChI=1S/C21H29N3O3/c1-15(2)17-6-8-18(9-7-17)21-23-20(27-24-21)11-10-19(25)22-12-3-13-26-14-16-4-5-16/h6-9,15-16H,3-5,10-14H2,1-2H3,(H,22,25). The van der Waals surface area contributed by atoms with Gasteiger partial charge < -0.3 is 14.6 Å². The van der Waals surface area contributed by atoms with Gasteiger partial charge in [-0.05, 0) is 36.7 Å². The fourth-order valence-corrected chi connectivity index (χ4v) is 2.74. The van der Waals surface area contributed by atoms with Crippen LogP contribution >= 0.6 is 0 Å². The summed E-state index contributed by atoms with van der Waals surface area (Å²) < 4.78 is 10.8. The van der Waals surface area contributed by atoms with E-state index >= 15 is 0 Å².